The van der Waals surface area contributed by atoms with E-state index >= 15 is 0 Å². The van der Waals surface area contributed by atoms with E-state index in [0.717, 1.165) is 57.8 Å². The zero-order valence-electron chi connectivity index (χ0n) is 43.9. The standard InChI is InChI=1S/C52H96O16S.Na/c1-5-7-9-11-13-15-17-19-20-21-23-24-26-28-30-32-34-39(3)36-40(4)50(59)66-47-45(57)42(38-54)64-52(67-51-48(68-69(60,61)62)46(58)44(56)41(37-53)63-51)49(47)65-43(55)35-33-31-29-27-25-22-18-16-14-12-10-8-6-2;/h36,39,41-42,44-49,51-54,56-58H,5-35,37-38H2,1-4H3,(H,60,61,62);/q;+1/p-1/b40-36+;/t39-,41-,42-,44-,45-,46+,47+,48-,49-,51-,52-;/m1./s1. The summed E-state index contributed by atoms with van der Waals surface area (Å²) in [6, 6.07) is 0. The Morgan fingerprint density at radius 1 is 0.571 bits per heavy atom. The van der Waals surface area contributed by atoms with E-state index in [9.17, 15) is 48.1 Å². The van der Waals surface area contributed by atoms with Crippen molar-refractivity contribution in [1.82, 2.24) is 0 Å². The van der Waals surface area contributed by atoms with Crippen LogP contribution in [0.3, 0.4) is 0 Å². The summed E-state index contributed by atoms with van der Waals surface area (Å²) in [5, 5.41) is 52.7. The first kappa shape index (κ1) is 67.2. The molecule has 0 amide bonds. The second-order valence-corrected chi connectivity index (χ2v) is 20.8. The first-order chi connectivity index (χ1) is 33.2. The molecule has 18 heteroatoms. The van der Waals surface area contributed by atoms with Crippen molar-refractivity contribution in [1.29, 1.82) is 0 Å². The predicted molar refractivity (Wildman–Crippen MR) is 262 cm³/mol. The van der Waals surface area contributed by atoms with Gasteiger partial charge in [-0.2, -0.15) is 0 Å². The SMILES string of the molecule is CCCCCCCCCCCCCCCCCC[C@@H](C)/C=C(\C)C(=O)O[C@H]1[C@H](O)[C@@H](CO)O[C@H](O[C@H]2O[C@H](CO)[C@@H](O)[C@H](O)[C@H]2OS(=O)(=O)[O-])[C@@H]1OC(=O)CCCCCCCCCCCCCCC.[Na+]. The summed E-state index contributed by atoms with van der Waals surface area (Å²) in [4.78, 5) is 27.1. The second-order valence-electron chi connectivity index (χ2n) is 19.8. The van der Waals surface area contributed by atoms with Crippen LogP contribution >= 0.6 is 0 Å². The van der Waals surface area contributed by atoms with Gasteiger partial charge in [-0.3, -0.25) is 8.98 Å². The van der Waals surface area contributed by atoms with Gasteiger partial charge in [0.25, 0.3) is 0 Å². The van der Waals surface area contributed by atoms with Crippen molar-refractivity contribution >= 4 is 22.3 Å². The van der Waals surface area contributed by atoms with E-state index in [0.29, 0.717) is 6.42 Å². The van der Waals surface area contributed by atoms with Gasteiger partial charge in [-0.15, -0.1) is 0 Å². The topological polar surface area (TPSA) is 248 Å². The maximum Gasteiger partial charge on any atom is 1.00 e. The van der Waals surface area contributed by atoms with Crippen LogP contribution in [0.15, 0.2) is 11.6 Å². The molecule has 0 aromatic carbocycles. The molecule has 0 aromatic heterocycles. The molecule has 0 unspecified atom stereocenters. The molecule has 406 valence electrons. The Morgan fingerprint density at radius 2 is 0.957 bits per heavy atom. The summed E-state index contributed by atoms with van der Waals surface area (Å²) in [6.07, 6.45) is 18.6. The maximum absolute atomic E-state index is 13.7. The maximum atomic E-state index is 13.7. The van der Waals surface area contributed by atoms with E-state index in [4.69, 9.17) is 23.7 Å². The number of unbranched alkanes of at least 4 members (excludes halogenated alkanes) is 27. The van der Waals surface area contributed by atoms with Gasteiger partial charge in [0.1, 0.15) is 30.5 Å². The molecule has 16 nitrogen and oxygen atoms in total. The van der Waals surface area contributed by atoms with Gasteiger partial charge in [0.05, 0.1) is 13.2 Å². The van der Waals surface area contributed by atoms with Crippen LogP contribution in [0.4, 0.5) is 0 Å². The molecule has 70 heavy (non-hydrogen) atoms. The monoisotopic (exact) mass is 1030 g/mol. The number of allylic oxidation sites excluding steroid dienone is 1. The van der Waals surface area contributed by atoms with Crippen molar-refractivity contribution in [3.63, 3.8) is 0 Å². The average Bonchev–Trinajstić information content (AvgIpc) is 3.31. The van der Waals surface area contributed by atoms with Crippen LogP contribution in [-0.4, -0.2) is 125 Å². The molecule has 0 saturated carbocycles. The zero-order valence-corrected chi connectivity index (χ0v) is 46.7. The molecule has 0 aromatic rings. The van der Waals surface area contributed by atoms with Gasteiger partial charge in [0.2, 0.25) is 16.7 Å². The molecule has 11 atom stereocenters. The number of hydrogen-bond acceptors (Lipinski definition) is 16. The number of hydrogen-bond donors (Lipinski definition) is 5. The van der Waals surface area contributed by atoms with Crippen LogP contribution < -0.4 is 29.6 Å². The van der Waals surface area contributed by atoms with Crippen molar-refractivity contribution in [2.24, 2.45) is 5.92 Å². The summed E-state index contributed by atoms with van der Waals surface area (Å²) in [6.45, 7) is 6.28. The third-order valence-electron chi connectivity index (χ3n) is 13.5. The van der Waals surface area contributed by atoms with E-state index in [1.165, 1.54) is 128 Å². The minimum absolute atomic E-state index is 0. The minimum atomic E-state index is -5.55. The molecule has 5 N–H and O–H groups in total. The van der Waals surface area contributed by atoms with Crippen LogP contribution in [0.1, 0.15) is 227 Å². The molecule has 2 rings (SSSR count). The zero-order chi connectivity index (χ0) is 50.9. The van der Waals surface area contributed by atoms with Gasteiger partial charge >= 0.3 is 41.5 Å². The predicted octanol–water partition coefficient (Wildman–Crippen LogP) is 5.91. The first-order valence-corrected chi connectivity index (χ1v) is 28.5. The molecule has 2 saturated heterocycles. The Kier molecular flexibility index (Phi) is 38.9. The number of rotatable bonds is 41. The quantitative estimate of drug-likeness (QED) is 0.0119. The number of esters is 2. The molecular weight excluding hydrogens is 936 g/mol. The Hall–Kier alpha value is -0.770. The molecule has 0 radical (unpaired) electrons. The number of carbonyl (C=O) groups is 2. The van der Waals surface area contributed by atoms with Crippen molar-refractivity contribution < 1.29 is 106 Å². The number of carbonyl (C=O) groups excluding carboxylic acids is 2. The fourth-order valence-electron chi connectivity index (χ4n) is 9.25. The number of ether oxygens (including phenoxy) is 5. The molecule has 2 fully saturated rings. The van der Waals surface area contributed by atoms with E-state index in [2.05, 4.69) is 18.0 Å². The molecule has 2 aliphatic rings. The van der Waals surface area contributed by atoms with Crippen molar-refractivity contribution in [2.45, 2.75) is 288 Å². The number of aliphatic hydroxyl groups excluding tert-OH is 5. The van der Waals surface area contributed by atoms with E-state index in [1.807, 2.05) is 6.92 Å². The van der Waals surface area contributed by atoms with E-state index < -0.39 is 97.0 Å². The van der Waals surface area contributed by atoms with E-state index in [1.54, 1.807) is 13.0 Å². The average molecular weight is 1030 g/mol. The van der Waals surface area contributed by atoms with Gasteiger partial charge in [0.15, 0.2) is 24.6 Å². The third-order valence-corrected chi connectivity index (χ3v) is 13.9. The van der Waals surface area contributed by atoms with Gasteiger partial charge in [-0.25, -0.2) is 13.2 Å². The first-order valence-electron chi connectivity index (χ1n) is 27.1. The Labute approximate surface area is 444 Å². The Morgan fingerprint density at radius 3 is 1.37 bits per heavy atom. The molecule has 2 aliphatic heterocycles. The molecule has 2 heterocycles. The minimum Gasteiger partial charge on any atom is -0.726 e. The summed E-state index contributed by atoms with van der Waals surface area (Å²) in [7, 11) is -5.55. The molecular formula is C52H95NaO16S. The second kappa shape index (κ2) is 40.5. The fourth-order valence-corrected chi connectivity index (χ4v) is 9.73. The normalized spacial score (nSPS) is 25.6. The summed E-state index contributed by atoms with van der Waals surface area (Å²) in [5.74, 6) is -1.60. The van der Waals surface area contributed by atoms with Gasteiger partial charge < -0.3 is 53.8 Å². The van der Waals surface area contributed by atoms with Crippen LogP contribution in [0, 0.1) is 5.92 Å². The fraction of sp³-hybridized carbons (Fsp3) is 0.923. The van der Waals surface area contributed by atoms with Crippen LogP contribution in [0.2, 0.25) is 0 Å². The van der Waals surface area contributed by atoms with E-state index in [-0.39, 0.29) is 47.5 Å². The molecule has 0 aliphatic carbocycles. The van der Waals surface area contributed by atoms with Crippen LogP contribution in [-0.2, 0) is 47.9 Å². The number of aliphatic hydroxyl groups is 5. The molecule has 0 bridgehead atoms. The molecule has 0 spiro atoms. The summed E-state index contributed by atoms with van der Waals surface area (Å²) in [5.41, 5.74) is 0.223. The van der Waals surface area contributed by atoms with Gasteiger partial charge in [-0.05, 0) is 25.7 Å². The largest absolute Gasteiger partial charge is 1.00 e. The third kappa shape index (κ3) is 28.8. The summed E-state index contributed by atoms with van der Waals surface area (Å²) < 4.78 is 68.4. The van der Waals surface area contributed by atoms with Crippen molar-refractivity contribution in [3.05, 3.63) is 11.6 Å². The Bertz CT molecular complexity index is 1470. The summed E-state index contributed by atoms with van der Waals surface area (Å²) >= 11 is 0. The van der Waals surface area contributed by atoms with Crippen molar-refractivity contribution in [3.8, 4) is 0 Å². The van der Waals surface area contributed by atoms with Crippen LogP contribution in [0.5, 0.6) is 0 Å². The Balaban J connectivity index is 0.0000245. The van der Waals surface area contributed by atoms with Gasteiger partial charge in [-0.1, -0.05) is 207 Å². The smallest absolute Gasteiger partial charge is 0.726 e. The van der Waals surface area contributed by atoms with Crippen molar-refractivity contribution in [2.75, 3.05) is 13.2 Å². The van der Waals surface area contributed by atoms with Crippen LogP contribution in [0.25, 0.3) is 0 Å². The van der Waals surface area contributed by atoms with Gasteiger partial charge in [0, 0.05) is 12.0 Å².